The quantitative estimate of drug-likeness (QED) is 0.913. The molecule has 4 rings (SSSR count). The van der Waals surface area contributed by atoms with Gasteiger partial charge < -0.3 is 10.1 Å². The zero-order valence-electron chi connectivity index (χ0n) is 13.3. The van der Waals surface area contributed by atoms with Crippen LogP contribution in [-0.2, 0) is 16.1 Å². The minimum absolute atomic E-state index is 0.0732. The van der Waals surface area contributed by atoms with E-state index in [1.807, 2.05) is 12.3 Å². The lowest BCUT2D eigenvalue weighted by atomic mass is 10.0. The van der Waals surface area contributed by atoms with E-state index in [0.717, 1.165) is 25.2 Å². The summed E-state index contributed by atoms with van der Waals surface area (Å²) in [4.78, 5) is 19.0. The molecule has 2 bridgehead atoms. The topological polar surface area (TPSA) is 54.5 Å². The van der Waals surface area contributed by atoms with Crippen molar-refractivity contribution < 1.29 is 9.53 Å². The molecule has 2 atom stereocenters. The van der Waals surface area contributed by atoms with Crippen LogP contribution in [-0.4, -0.2) is 48.1 Å². The minimum Gasteiger partial charge on any atom is -0.378 e. The van der Waals surface area contributed by atoms with E-state index in [1.54, 1.807) is 0 Å². The number of hydrogen-bond acceptors (Lipinski definition) is 4. The van der Waals surface area contributed by atoms with E-state index in [-0.39, 0.29) is 17.9 Å². The van der Waals surface area contributed by atoms with Crippen LogP contribution in [0.15, 0.2) is 30.5 Å². The van der Waals surface area contributed by atoms with Crippen molar-refractivity contribution in [2.75, 3.05) is 26.3 Å². The smallest absolute Gasteiger partial charge is 0.227 e. The standard InChI is InChI=1S/C18H21N3O2/c1-12-4-5-17-15(3-2-6-19-17)16(12)9-21-7-13-10-23-11-14(8-21)20-18(13)22/h2-6,13-14H,7-11H2,1H3,(H,20,22)/t13-,14+/m1/s1. The Labute approximate surface area is 135 Å². The van der Waals surface area contributed by atoms with Gasteiger partial charge in [0.05, 0.1) is 30.7 Å². The van der Waals surface area contributed by atoms with E-state index >= 15 is 0 Å². The number of carbonyl (C=O) groups is 1. The van der Waals surface area contributed by atoms with Crippen LogP contribution in [0.1, 0.15) is 11.1 Å². The number of benzene rings is 1. The first kappa shape index (κ1) is 14.6. The molecule has 0 saturated carbocycles. The number of nitrogens with one attached hydrogen (secondary N) is 1. The van der Waals surface area contributed by atoms with Crippen molar-refractivity contribution in [2.24, 2.45) is 5.92 Å². The van der Waals surface area contributed by atoms with Gasteiger partial charge in [-0.05, 0) is 30.2 Å². The lowest BCUT2D eigenvalue weighted by Gasteiger charge is -2.28. The van der Waals surface area contributed by atoms with Crippen LogP contribution in [0.3, 0.4) is 0 Å². The summed E-state index contributed by atoms with van der Waals surface area (Å²) in [5.41, 5.74) is 3.61. The van der Waals surface area contributed by atoms with Crippen molar-refractivity contribution in [1.82, 2.24) is 15.2 Å². The molecule has 0 spiro atoms. The van der Waals surface area contributed by atoms with Crippen LogP contribution in [0.5, 0.6) is 0 Å². The molecule has 1 amide bonds. The van der Waals surface area contributed by atoms with E-state index in [0.29, 0.717) is 13.2 Å². The number of aromatic nitrogens is 1. The molecule has 120 valence electrons. The maximum absolute atomic E-state index is 12.1. The molecular weight excluding hydrogens is 290 g/mol. The third kappa shape index (κ3) is 2.82. The molecule has 2 saturated heterocycles. The van der Waals surface area contributed by atoms with Gasteiger partial charge in [-0.2, -0.15) is 0 Å². The number of carbonyl (C=O) groups excluding carboxylic acids is 1. The van der Waals surface area contributed by atoms with Crippen LogP contribution in [0.25, 0.3) is 10.9 Å². The Balaban J connectivity index is 1.66. The van der Waals surface area contributed by atoms with Gasteiger partial charge in [-0.25, -0.2) is 0 Å². The van der Waals surface area contributed by atoms with E-state index in [9.17, 15) is 4.79 Å². The predicted molar refractivity (Wildman–Crippen MR) is 88.0 cm³/mol. The fourth-order valence-corrected chi connectivity index (χ4v) is 3.61. The van der Waals surface area contributed by atoms with Gasteiger partial charge in [0.25, 0.3) is 0 Å². The second-order valence-electron chi connectivity index (χ2n) is 6.57. The summed E-state index contributed by atoms with van der Waals surface area (Å²) in [6.45, 7) is 5.70. The molecule has 1 N–H and O–H groups in total. The van der Waals surface area contributed by atoms with Crippen LogP contribution in [0, 0.1) is 12.8 Å². The first-order chi connectivity index (χ1) is 11.2. The first-order valence-electron chi connectivity index (χ1n) is 8.14. The third-order valence-electron chi connectivity index (χ3n) is 4.82. The number of amides is 1. The van der Waals surface area contributed by atoms with Crippen molar-refractivity contribution in [3.8, 4) is 0 Å². The van der Waals surface area contributed by atoms with Crippen molar-refractivity contribution in [2.45, 2.75) is 19.5 Å². The third-order valence-corrected chi connectivity index (χ3v) is 4.82. The van der Waals surface area contributed by atoms with Crippen LogP contribution < -0.4 is 5.32 Å². The van der Waals surface area contributed by atoms with Gasteiger partial charge in [-0.15, -0.1) is 0 Å². The van der Waals surface area contributed by atoms with Crippen LogP contribution in [0.4, 0.5) is 0 Å². The normalized spacial score (nSPS) is 25.2. The first-order valence-corrected chi connectivity index (χ1v) is 8.14. The Morgan fingerprint density at radius 2 is 2.22 bits per heavy atom. The fourth-order valence-electron chi connectivity index (χ4n) is 3.61. The molecule has 0 radical (unpaired) electrons. The molecule has 5 heteroatoms. The van der Waals surface area contributed by atoms with Crippen molar-refractivity contribution in [3.05, 3.63) is 41.6 Å². The Hall–Kier alpha value is -1.98. The Morgan fingerprint density at radius 1 is 1.30 bits per heavy atom. The van der Waals surface area contributed by atoms with Gasteiger partial charge in [-0.1, -0.05) is 12.1 Å². The molecule has 5 nitrogen and oxygen atoms in total. The lowest BCUT2D eigenvalue weighted by molar-refractivity contribution is -0.125. The van der Waals surface area contributed by atoms with E-state index < -0.39 is 0 Å². The largest absolute Gasteiger partial charge is 0.378 e. The predicted octanol–water partition coefficient (Wildman–Crippen LogP) is 1.49. The molecule has 0 unspecified atom stereocenters. The van der Waals surface area contributed by atoms with Gasteiger partial charge in [0, 0.05) is 31.2 Å². The fraction of sp³-hybridized carbons (Fsp3) is 0.444. The highest BCUT2D eigenvalue weighted by molar-refractivity contribution is 5.83. The molecule has 1 aromatic heterocycles. The van der Waals surface area contributed by atoms with E-state index in [2.05, 4.69) is 40.3 Å². The molecule has 2 aliphatic heterocycles. The SMILES string of the molecule is Cc1ccc2ncccc2c1CN1C[C@H]2COC[C@@H](C1)C(=O)N2. The number of nitrogens with zero attached hydrogens (tertiary/aromatic N) is 2. The number of ether oxygens (including phenoxy) is 1. The second kappa shape index (κ2) is 5.91. The Bertz CT molecular complexity index is 746. The number of pyridine rings is 1. The number of fused-ring (bicyclic) bond motifs is 4. The van der Waals surface area contributed by atoms with Gasteiger partial charge >= 0.3 is 0 Å². The molecule has 2 aromatic rings. The summed E-state index contributed by atoms with van der Waals surface area (Å²) in [5.74, 6) is 0.0576. The number of hydrogen-bond donors (Lipinski definition) is 1. The molecule has 2 aliphatic rings. The minimum atomic E-state index is -0.0732. The van der Waals surface area contributed by atoms with Gasteiger partial charge in [0.15, 0.2) is 0 Å². The maximum atomic E-state index is 12.1. The number of aryl methyl sites for hydroxylation is 1. The highest BCUT2D eigenvalue weighted by Gasteiger charge is 2.33. The molecule has 2 fully saturated rings. The maximum Gasteiger partial charge on any atom is 0.227 e. The van der Waals surface area contributed by atoms with Gasteiger partial charge in [0.1, 0.15) is 0 Å². The second-order valence-corrected chi connectivity index (χ2v) is 6.57. The van der Waals surface area contributed by atoms with Crippen molar-refractivity contribution >= 4 is 16.8 Å². The van der Waals surface area contributed by atoms with Crippen LogP contribution in [0.2, 0.25) is 0 Å². The Kier molecular flexibility index (Phi) is 3.75. The lowest BCUT2D eigenvalue weighted by Crippen LogP contribution is -2.41. The van der Waals surface area contributed by atoms with Crippen molar-refractivity contribution in [3.63, 3.8) is 0 Å². The zero-order chi connectivity index (χ0) is 15.8. The molecule has 23 heavy (non-hydrogen) atoms. The summed E-state index contributed by atoms with van der Waals surface area (Å²) >= 11 is 0. The van der Waals surface area contributed by atoms with Gasteiger partial charge in [0.2, 0.25) is 5.91 Å². The van der Waals surface area contributed by atoms with Crippen LogP contribution >= 0.6 is 0 Å². The molecular formula is C18H21N3O2. The van der Waals surface area contributed by atoms with Crippen molar-refractivity contribution in [1.29, 1.82) is 0 Å². The average molecular weight is 311 g/mol. The zero-order valence-corrected chi connectivity index (χ0v) is 13.3. The summed E-state index contributed by atoms with van der Waals surface area (Å²) < 4.78 is 5.60. The Morgan fingerprint density at radius 3 is 3.13 bits per heavy atom. The number of rotatable bonds is 2. The van der Waals surface area contributed by atoms with Gasteiger partial charge in [-0.3, -0.25) is 14.7 Å². The van der Waals surface area contributed by atoms with E-state index in [4.69, 9.17) is 4.74 Å². The summed E-state index contributed by atoms with van der Waals surface area (Å²) in [7, 11) is 0. The summed E-state index contributed by atoms with van der Waals surface area (Å²) in [5, 5.41) is 4.30. The highest BCUT2D eigenvalue weighted by atomic mass is 16.5. The average Bonchev–Trinajstić information content (AvgIpc) is 2.79. The molecule has 1 aromatic carbocycles. The van der Waals surface area contributed by atoms with E-state index in [1.165, 1.54) is 16.5 Å². The molecule has 0 aliphatic carbocycles. The molecule has 3 heterocycles. The monoisotopic (exact) mass is 311 g/mol. The summed E-state index contributed by atoms with van der Waals surface area (Å²) in [6.07, 6.45) is 1.83. The summed E-state index contributed by atoms with van der Waals surface area (Å²) in [6, 6.07) is 8.42. The highest BCUT2D eigenvalue weighted by Crippen LogP contribution is 2.24.